The standard InChI is InChI=1S/C22H24FN3O/c1-22(2,16-6-5-7-17(23)12-16)14-24-20(27)13-26-19-9-4-3-8-18(19)25-21(26)15-10-11-15/h3-9,12,15H,10-11,13-14H2,1-2H3,(H,24,27). The predicted octanol–water partition coefficient (Wildman–Crippen LogP) is 4.15. The molecule has 0 saturated heterocycles. The third-order valence-electron chi connectivity index (χ3n) is 5.26. The van der Waals surface area contributed by atoms with Gasteiger partial charge in [-0.3, -0.25) is 4.79 Å². The average Bonchev–Trinajstić information content (AvgIpc) is 3.43. The zero-order valence-electron chi connectivity index (χ0n) is 15.7. The van der Waals surface area contributed by atoms with Gasteiger partial charge >= 0.3 is 0 Å². The Morgan fingerprint density at radius 2 is 2.00 bits per heavy atom. The summed E-state index contributed by atoms with van der Waals surface area (Å²) in [6.07, 6.45) is 2.27. The Labute approximate surface area is 158 Å². The van der Waals surface area contributed by atoms with Crippen molar-refractivity contribution in [3.63, 3.8) is 0 Å². The number of hydrogen-bond donors (Lipinski definition) is 1. The fourth-order valence-electron chi connectivity index (χ4n) is 3.44. The van der Waals surface area contributed by atoms with E-state index in [1.165, 1.54) is 12.1 Å². The van der Waals surface area contributed by atoms with Crippen LogP contribution < -0.4 is 5.32 Å². The van der Waals surface area contributed by atoms with E-state index in [1.807, 2.05) is 48.7 Å². The van der Waals surface area contributed by atoms with Gasteiger partial charge in [-0.15, -0.1) is 0 Å². The van der Waals surface area contributed by atoms with Crippen molar-refractivity contribution in [1.29, 1.82) is 0 Å². The Balaban J connectivity index is 1.49. The molecule has 0 aliphatic heterocycles. The minimum atomic E-state index is -0.353. The second-order valence-corrected chi connectivity index (χ2v) is 7.99. The highest BCUT2D eigenvalue weighted by molar-refractivity contribution is 5.81. The first-order valence-corrected chi connectivity index (χ1v) is 9.42. The highest BCUT2D eigenvalue weighted by Gasteiger charge is 2.30. The van der Waals surface area contributed by atoms with Crippen LogP contribution in [-0.2, 0) is 16.8 Å². The van der Waals surface area contributed by atoms with Crippen molar-refractivity contribution in [1.82, 2.24) is 14.9 Å². The van der Waals surface area contributed by atoms with E-state index in [1.54, 1.807) is 6.07 Å². The number of nitrogens with one attached hydrogen (secondary N) is 1. The number of imidazole rings is 1. The number of aromatic nitrogens is 2. The van der Waals surface area contributed by atoms with Crippen molar-refractivity contribution in [3.8, 4) is 0 Å². The number of para-hydroxylation sites is 2. The highest BCUT2D eigenvalue weighted by atomic mass is 19.1. The molecule has 5 heteroatoms. The van der Waals surface area contributed by atoms with Gasteiger partial charge in [-0.2, -0.15) is 0 Å². The van der Waals surface area contributed by atoms with E-state index in [0.717, 1.165) is 35.3 Å². The molecule has 0 spiro atoms. The van der Waals surface area contributed by atoms with E-state index in [-0.39, 0.29) is 23.7 Å². The normalized spacial score (nSPS) is 14.5. The third kappa shape index (κ3) is 3.72. The van der Waals surface area contributed by atoms with Crippen LogP contribution >= 0.6 is 0 Å². The topological polar surface area (TPSA) is 46.9 Å². The van der Waals surface area contributed by atoms with Gasteiger partial charge in [0.15, 0.2) is 0 Å². The van der Waals surface area contributed by atoms with Gasteiger partial charge in [-0.25, -0.2) is 9.37 Å². The summed E-state index contributed by atoms with van der Waals surface area (Å²) in [4.78, 5) is 17.4. The minimum Gasteiger partial charge on any atom is -0.354 e. The second kappa shape index (κ2) is 6.80. The summed E-state index contributed by atoms with van der Waals surface area (Å²) in [6.45, 7) is 4.71. The first-order chi connectivity index (χ1) is 12.9. The molecule has 0 unspecified atom stereocenters. The van der Waals surface area contributed by atoms with Crippen LogP contribution in [-0.4, -0.2) is 22.0 Å². The number of carbonyl (C=O) groups excluding carboxylic acids is 1. The molecule has 1 saturated carbocycles. The van der Waals surface area contributed by atoms with Gasteiger partial charge in [-0.1, -0.05) is 38.1 Å². The zero-order chi connectivity index (χ0) is 19.0. The number of fused-ring (bicyclic) bond motifs is 1. The van der Waals surface area contributed by atoms with Crippen LogP contribution in [0.2, 0.25) is 0 Å². The van der Waals surface area contributed by atoms with E-state index >= 15 is 0 Å². The number of benzene rings is 2. The SMILES string of the molecule is CC(C)(CNC(=O)Cn1c(C2CC2)nc2ccccc21)c1cccc(F)c1. The molecule has 1 N–H and O–H groups in total. The average molecular weight is 365 g/mol. The first kappa shape index (κ1) is 17.7. The Morgan fingerprint density at radius 1 is 1.22 bits per heavy atom. The largest absolute Gasteiger partial charge is 0.354 e. The molecule has 4 rings (SSSR count). The summed E-state index contributed by atoms with van der Waals surface area (Å²) in [5.74, 6) is 1.17. The van der Waals surface area contributed by atoms with Crippen LogP contribution in [0.4, 0.5) is 4.39 Å². The van der Waals surface area contributed by atoms with Gasteiger partial charge in [0.2, 0.25) is 5.91 Å². The van der Waals surface area contributed by atoms with Gasteiger partial charge in [0.25, 0.3) is 0 Å². The maximum absolute atomic E-state index is 13.5. The van der Waals surface area contributed by atoms with Crippen molar-refractivity contribution in [2.45, 2.75) is 44.6 Å². The van der Waals surface area contributed by atoms with E-state index in [9.17, 15) is 9.18 Å². The molecule has 140 valence electrons. The Morgan fingerprint density at radius 3 is 2.74 bits per heavy atom. The zero-order valence-corrected chi connectivity index (χ0v) is 15.7. The monoisotopic (exact) mass is 365 g/mol. The molecule has 2 aromatic carbocycles. The molecule has 1 heterocycles. The van der Waals surface area contributed by atoms with Crippen LogP contribution in [0.1, 0.15) is 44.0 Å². The van der Waals surface area contributed by atoms with Gasteiger partial charge in [0.05, 0.1) is 11.0 Å². The number of carbonyl (C=O) groups is 1. The summed E-state index contributed by atoms with van der Waals surface area (Å²) in [6, 6.07) is 14.5. The molecule has 0 radical (unpaired) electrons. The Kier molecular flexibility index (Phi) is 4.46. The van der Waals surface area contributed by atoms with E-state index in [4.69, 9.17) is 4.98 Å². The second-order valence-electron chi connectivity index (χ2n) is 7.99. The fourth-order valence-corrected chi connectivity index (χ4v) is 3.44. The smallest absolute Gasteiger partial charge is 0.240 e. The summed E-state index contributed by atoms with van der Waals surface area (Å²) in [5.41, 5.74) is 2.45. The molecule has 4 nitrogen and oxygen atoms in total. The van der Waals surface area contributed by atoms with Crippen LogP contribution in [0.25, 0.3) is 11.0 Å². The minimum absolute atomic E-state index is 0.0514. The predicted molar refractivity (Wildman–Crippen MR) is 104 cm³/mol. The summed E-state index contributed by atoms with van der Waals surface area (Å²) >= 11 is 0. The number of halogens is 1. The Bertz CT molecular complexity index is 988. The number of nitrogens with zero attached hydrogens (tertiary/aromatic N) is 2. The molecular weight excluding hydrogens is 341 g/mol. The molecule has 1 aliphatic carbocycles. The van der Waals surface area contributed by atoms with Gasteiger partial charge in [0.1, 0.15) is 18.2 Å². The number of amides is 1. The van der Waals surface area contributed by atoms with Crippen LogP contribution in [0, 0.1) is 5.82 Å². The van der Waals surface area contributed by atoms with Crippen molar-refractivity contribution < 1.29 is 9.18 Å². The maximum Gasteiger partial charge on any atom is 0.240 e. The lowest BCUT2D eigenvalue weighted by Crippen LogP contribution is -2.38. The third-order valence-corrected chi connectivity index (χ3v) is 5.26. The molecule has 1 aliphatic rings. The van der Waals surface area contributed by atoms with Gasteiger partial charge in [-0.05, 0) is 42.7 Å². The van der Waals surface area contributed by atoms with E-state index in [2.05, 4.69) is 5.32 Å². The fraction of sp³-hybridized carbons (Fsp3) is 0.364. The quantitative estimate of drug-likeness (QED) is 0.713. The Hall–Kier alpha value is -2.69. The molecule has 1 fully saturated rings. The molecular formula is C22H24FN3O. The lowest BCUT2D eigenvalue weighted by atomic mass is 9.84. The van der Waals surface area contributed by atoms with Gasteiger partial charge < -0.3 is 9.88 Å². The van der Waals surface area contributed by atoms with E-state index in [0.29, 0.717) is 12.5 Å². The summed E-state index contributed by atoms with van der Waals surface area (Å²) in [7, 11) is 0. The summed E-state index contributed by atoms with van der Waals surface area (Å²) < 4.78 is 15.6. The van der Waals surface area contributed by atoms with E-state index < -0.39 is 0 Å². The molecule has 0 bridgehead atoms. The molecule has 27 heavy (non-hydrogen) atoms. The summed E-state index contributed by atoms with van der Waals surface area (Å²) in [5, 5.41) is 3.02. The maximum atomic E-state index is 13.5. The highest BCUT2D eigenvalue weighted by Crippen LogP contribution is 2.40. The van der Waals surface area contributed by atoms with Crippen LogP contribution in [0.15, 0.2) is 48.5 Å². The molecule has 1 aromatic heterocycles. The lowest BCUT2D eigenvalue weighted by molar-refractivity contribution is -0.121. The van der Waals surface area contributed by atoms with Crippen molar-refractivity contribution in [2.75, 3.05) is 6.54 Å². The van der Waals surface area contributed by atoms with Gasteiger partial charge in [0, 0.05) is 17.9 Å². The molecule has 0 atom stereocenters. The molecule has 3 aromatic rings. The van der Waals surface area contributed by atoms with Crippen LogP contribution in [0.3, 0.4) is 0 Å². The molecule has 1 amide bonds. The van der Waals surface area contributed by atoms with Crippen molar-refractivity contribution >= 4 is 16.9 Å². The van der Waals surface area contributed by atoms with Crippen LogP contribution in [0.5, 0.6) is 0 Å². The van der Waals surface area contributed by atoms with Crippen molar-refractivity contribution in [2.24, 2.45) is 0 Å². The number of rotatable bonds is 6. The first-order valence-electron chi connectivity index (χ1n) is 9.42. The number of hydrogen-bond acceptors (Lipinski definition) is 2. The lowest BCUT2D eigenvalue weighted by Gasteiger charge is -2.26. The van der Waals surface area contributed by atoms with Crippen molar-refractivity contribution in [3.05, 3.63) is 65.7 Å².